The molecule has 0 fully saturated rings. The fraction of sp³-hybridized carbons (Fsp3) is 0.167. The van der Waals surface area contributed by atoms with Crippen molar-refractivity contribution in [2.75, 3.05) is 5.32 Å². The molecule has 122 valence electrons. The molecule has 0 aliphatic rings. The minimum absolute atomic E-state index is 0.191. The molecule has 1 aromatic carbocycles. The van der Waals surface area contributed by atoms with E-state index in [2.05, 4.69) is 20.7 Å². The summed E-state index contributed by atoms with van der Waals surface area (Å²) in [5.41, 5.74) is 3.36. The van der Waals surface area contributed by atoms with Crippen LogP contribution in [0.2, 0.25) is 0 Å². The van der Waals surface area contributed by atoms with E-state index in [-0.39, 0.29) is 5.91 Å². The number of pyridine rings is 1. The van der Waals surface area contributed by atoms with Gasteiger partial charge in [-0.15, -0.1) is 0 Å². The Morgan fingerprint density at radius 3 is 2.71 bits per heavy atom. The molecule has 2 heterocycles. The summed E-state index contributed by atoms with van der Waals surface area (Å²) in [6.45, 7) is 1.12. The smallest absolute Gasteiger partial charge is 0.270 e. The summed E-state index contributed by atoms with van der Waals surface area (Å²) in [6.07, 6.45) is 5.38. The van der Waals surface area contributed by atoms with Gasteiger partial charge in [-0.1, -0.05) is 30.3 Å². The zero-order chi connectivity index (χ0) is 16.8. The third-order valence-electron chi connectivity index (χ3n) is 3.54. The lowest BCUT2D eigenvalue weighted by Gasteiger charge is -2.08. The molecule has 24 heavy (non-hydrogen) atoms. The third-order valence-corrected chi connectivity index (χ3v) is 3.54. The summed E-state index contributed by atoms with van der Waals surface area (Å²) < 4.78 is 1.76. The molecule has 0 atom stereocenters. The van der Waals surface area contributed by atoms with Crippen molar-refractivity contribution < 1.29 is 4.79 Å². The van der Waals surface area contributed by atoms with Gasteiger partial charge in [-0.2, -0.15) is 5.10 Å². The number of hydrogen-bond donors (Lipinski definition) is 2. The van der Waals surface area contributed by atoms with Gasteiger partial charge in [-0.25, -0.2) is 0 Å². The molecule has 0 spiro atoms. The van der Waals surface area contributed by atoms with Crippen molar-refractivity contribution in [3.63, 3.8) is 0 Å². The first-order valence-electron chi connectivity index (χ1n) is 7.70. The maximum absolute atomic E-state index is 12.2. The van der Waals surface area contributed by atoms with E-state index in [4.69, 9.17) is 0 Å². The molecule has 2 aromatic heterocycles. The lowest BCUT2D eigenvalue weighted by Crippen LogP contribution is -2.23. The molecule has 6 heteroatoms. The Labute approximate surface area is 140 Å². The Hall–Kier alpha value is -3.15. The zero-order valence-corrected chi connectivity index (χ0v) is 13.4. The molecule has 1 amide bonds. The Balaban J connectivity index is 1.58. The van der Waals surface area contributed by atoms with Crippen LogP contribution in [0, 0.1) is 0 Å². The van der Waals surface area contributed by atoms with Gasteiger partial charge in [-0.05, 0) is 17.7 Å². The highest BCUT2D eigenvalue weighted by Crippen LogP contribution is 2.10. The number of amides is 1. The van der Waals surface area contributed by atoms with Crippen LogP contribution in [0.3, 0.4) is 0 Å². The number of benzene rings is 1. The van der Waals surface area contributed by atoms with Gasteiger partial charge in [0, 0.05) is 43.8 Å². The number of aryl methyl sites for hydroxylation is 1. The van der Waals surface area contributed by atoms with Crippen LogP contribution < -0.4 is 10.6 Å². The molecule has 0 aliphatic heterocycles. The molecular weight excluding hydrogens is 302 g/mol. The lowest BCUT2D eigenvalue weighted by molar-refractivity contribution is 0.0946. The maximum atomic E-state index is 12.2. The number of aromatic nitrogens is 3. The normalized spacial score (nSPS) is 10.4. The summed E-state index contributed by atoms with van der Waals surface area (Å²) >= 11 is 0. The number of hydrogen-bond acceptors (Lipinski definition) is 4. The molecule has 0 saturated carbocycles. The van der Waals surface area contributed by atoms with E-state index in [1.165, 1.54) is 0 Å². The Morgan fingerprint density at radius 1 is 1.12 bits per heavy atom. The number of nitrogens with one attached hydrogen (secondary N) is 2. The fourth-order valence-corrected chi connectivity index (χ4v) is 2.30. The predicted molar refractivity (Wildman–Crippen MR) is 92.4 cm³/mol. The van der Waals surface area contributed by atoms with Gasteiger partial charge >= 0.3 is 0 Å². The van der Waals surface area contributed by atoms with Crippen molar-refractivity contribution in [3.05, 3.63) is 77.9 Å². The summed E-state index contributed by atoms with van der Waals surface area (Å²) in [6, 6.07) is 13.4. The van der Waals surface area contributed by atoms with Crippen LogP contribution in [-0.2, 0) is 20.1 Å². The molecule has 0 bridgehead atoms. The Kier molecular flexibility index (Phi) is 4.86. The maximum Gasteiger partial charge on any atom is 0.270 e. The SMILES string of the molecule is Cn1cc(CNc2ccnc(C(=O)NCc3ccccc3)c2)cn1. The topological polar surface area (TPSA) is 71.8 Å². The van der Waals surface area contributed by atoms with Crippen LogP contribution >= 0.6 is 0 Å². The molecule has 3 rings (SSSR count). The van der Waals surface area contributed by atoms with E-state index in [1.807, 2.05) is 55.8 Å². The lowest BCUT2D eigenvalue weighted by atomic mass is 10.2. The molecule has 6 nitrogen and oxygen atoms in total. The van der Waals surface area contributed by atoms with Gasteiger partial charge in [-0.3, -0.25) is 14.5 Å². The molecular formula is C18H19N5O. The molecule has 0 aliphatic carbocycles. The van der Waals surface area contributed by atoms with E-state index in [9.17, 15) is 4.79 Å². The summed E-state index contributed by atoms with van der Waals surface area (Å²) in [4.78, 5) is 16.4. The molecule has 0 unspecified atom stereocenters. The highest BCUT2D eigenvalue weighted by molar-refractivity contribution is 5.93. The average Bonchev–Trinajstić information content (AvgIpc) is 3.04. The largest absolute Gasteiger partial charge is 0.381 e. The van der Waals surface area contributed by atoms with Crippen LogP contribution in [0.15, 0.2) is 61.1 Å². The number of nitrogens with zero attached hydrogens (tertiary/aromatic N) is 3. The number of anilines is 1. The number of carbonyl (C=O) groups excluding carboxylic acids is 1. The number of rotatable bonds is 6. The Morgan fingerprint density at radius 2 is 1.96 bits per heavy atom. The van der Waals surface area contributed by atoms with Gasteiger partial charge in [0.05, 0.1) is 6.20 Å². The third kappa shape index (κ3) is 4.19. The van der Waals surface area contributed by atoms with Crippen molar-refractivity contribution in [3.8, 4) is 0 Å². The van der Waals surface area contributed by atoms with Crippen LogP contribution in [0.25, 0.3) is 0 Å². The second-order valence-electron chi connectivity index (χ2n) is 5.47. The zero-order valence-electron chi connectivity index (χ0n) is 13.4. The first-order chi connectivity index (χ1) is 11.7. The van der Waals surface area contributed by atoms with Crippen molar-refractivity contribution in [2.45, 2.75) is 13.1 Å². The van der Waals surface area contributed by atoms with Crippen molar-refractivity contribution in [1.82, 2.24) is 20.1 Å². The van der Waals surface area contributed by atoms with E-state index in [1.54, 1.807) is 16.9 Å². The van der Waals surface area contributed by atoms with E-state index in [0.29, 0.717) is 18.8 Å². The van der Waals surface area contributed by atoms with E-state index >= 15 is 0 Å². The number of carbonyl (C=O) groups is 1. The summed E-state index contributed by atoms with van der Waals surface area (Å²) in [5.74, 6) is -0.191. The van der Waals surface area contributed by atoms with Crippen molar-refractivity contribution in [2.24, 2.45) is 7.05 Å². The second-order valence-corrected chi connectivity index (χ2v) is 5.47. The van der Waals surface area contributed by atoms with Gasteiger partial charge in [0.15, 0.2) is 0 Å². The fourth-order valence-electron chi connectivity index (χ4n) is 2.30. The minimum Gasteiger partial charge on any atom is -0.381 e. The van der Waals surface area contributed by atoms with Crippen LogP contribution in [-0.4, -0.2) is 20.7 Å². The van der Waals surface area contributed by atoms with E-state index < -0.39 is 0 Å². The molecule has 3 aromatic rings. The minimum atomic E-state index is -0.191. The highest BCUT2D eigenvalue weighted by atomic mass is 16.1. The first-order valence-corrected chi connectivity index (χ1v) is 7.70. The standard InChI is InChI=1S/C18H19N5O/c1-23-13-15(12-22-23)11-20-16-7-8-19-17(9-16)18(24)21-10-14-5-3-2-4-6-14/h2-9,12-13H,10-11H2,1H3,(H,19,20)(H,21,24). The van der Waals surface area contributed by atoms with Crippen LogP contribution in [0.1, 0.15) is 21.6 Å². The van der Waals surface area contributed by atoms with Gasteiger partial charge in [0.25, 0.3) is 5.91 Å². The summed E-state index contributed by atoms with van der Waals surface area (Å²) in [5, 5.41) is 10.3. The summed E-state index contributed by atoms with van der Waals surface area (Å²) in [7, 11) is 1.88. The first kappa shape index (κ1) is 15.7. The van der Waals surface area contributed by atoms with E-state index in [0.717, 1.165) is 16.8 Å². The van der Waals surface area contributed by atoms with Gasteiger partial charge in [0.1, 0.15) is 5.69 Å². The quantitative estimate of drug-likeness (QED) is 0.731. The monoisotopic (exact) mass is 321 g/mol. The van der Waals surface area contributed by atoms with Crippen LogP contribution in [0.5, 0.6) is 0 Å². The second kappa shape index (κ2) is 7.41. The van der Waals surface area contributed by atoms with Gasteiger partial charge in [0.2, 0.25) is 0 Å². The van der Waals surface area contributed by atoms with Crippen molar-refractivity contribution >= 4 is 11.6 Å². The van der Waals surface area contributed by atoms with Gasteiger partial charge < -0.3 is 10.6 Å². The average molecular weight is 321 g/mol. The highest BCUT2D eigenvalue weighted by Gasteiger charge is 2.08. The molecule has 2 N–H and O–H groups in total. The predicted octanol–water partition coefficient (Wildman–Crippen LogP) is 2.36. The van der Waals surface area contributed by atoms with Crippen LogP contribution in [0.4, 0.5) is 5.69 Å². The van der Waals surface area contributed by atoms with Crippen molar-refractivity contribution in [1.29, 1.82) is 0 Å². The Bertz CT molecular complexity index is 813. The molecule has 0 saturated heterocycles. The molecule has 0 radical (unpaired) electrons.